The van der Waals surface area contributed by atoms with E-state index in [1.807, 2.05) is 36.4 Å². The Morgan fingerprint density at radius 3 is 2.28 bits per heavy atom. The molecule has 1 aliphatic carbocycles. The second kappa shape index (κ2) is 7.50. The van der Waals surface area contributed by atoms with E-state index in [4.69, 9.17) is 4.74 Å². The van der Waals surface area contributed by atoms with Crippen molar-refractivity contribution in [1.82, 2.24) is 4.90 Å². The summed E-state index contributed by atoms with van der Waals surface area (Å²) in [4.78, 5) is 25.8. The fourth-order valence-electron chi connectivity index (χ4n) is 4.21. The molecule has 4 rings (SSSR count). The average molecular weight is 397 g/mol. The number of aliphatic hydroxyl groups excluding tert-OH is 1. The van der Waals surface area contributed by atoms with Crippen molar-refractivity contribution in [3.8, 4) is 11.1 Å². The molecule has 0 aromatic heterocycles. The van der Waals surface area contributed by atoms with Gasteiger partial charge in [0.25, 0.3) is 0 Å². The van der Waals surface area contributed by atoms with Crippen LogP contribution in [0.4, 0.5) is 4.79 Å². The number of esters is 1. The topological polar surface area (TPSA) is 96.3 Å². The standard InChI is InChI=1S/C22H23NO6/c1-28-20(25)22(27)13-23(11-10-19(22)24)21(26)29-12-18-16-8-4-2-6-14(16)15-7-3-5-9-17(15)18/h2-9,18-19,24,27H,10-13H2,1H3/t19-,22+/m0/s1. The lowest BCUT2D eigenvalue weighted by atomic mass is 9.90. The van der Waals surface area contributed by atoms with Gasteiger partial charge in [-0.1, -0.05) is 48.5 Å². The number of hydrogen-bond donors (Lipinski definition) is 2. The molecule has 2 atom stereocenters. The first kappa shape index (κ1) is 19.4. The number of carbonyl (C=O) groups is 2. The molecule has 0 bridgehead atoms. The quantitative estimate of drug-likeness (QED) is 0.768. The Balaban J connectivity index is 1.48. The summed E-state index contributed by atoms with van der Waals surface area (Å²) in [6.45, 7) is -0.0583. The highest BCUT2D eigenvalue weighted by Crippen LogP contribution is 2.44. The number of nitrogens with zero attached hydrogens (tertiary/aromatic N) is 1. The van der Waals surface area contributed by atoms with Crippen molar-refractivity contribution in [2.45, 2.75) is 24.0 Å². The first-order valence-corrected chi connectivity index (χ1v) is 9.54. The number of hydrogen-bond acceptors (Lipinski definition) is 6. The largest absolute Gasteiger partial charge is 0.467 e. The minimum absolute atomic E-state index is 0.0514. The van der Waals surface area contributed by atoms with E-state index in [-0.39, 0.29) is 32.0 Å². The van der Waals surface area contributed by atoms with E-state index >= 15 is 0 Å². The highest BCUT2D eigenvalue weighted by molar-refractivity contribution is 5.82. The van der Waals surface area contributed by atoms with Crippen LogP contribution >= 0.6 is 0 Å². The molecule has 0 radical (unpaired) electrons. The maximum atomic E-state index is 12.6. The van der Waals surface area contributed by atoms with Crippen molar-refractivity contribution in [3.05, 3.63) is 59.7 Å². The molecule has 29 heavy (non-hydrogen) atoms. The number of amides is 1. The molecule has 2 aromatic rings. The number of benzene rings is 2. The van der Waals surface area contributed by atoms with E-state index in [9.17, 15) is 19.8 Å². The van der Waals surface area contributed by atoms with Gasteiger partial charge in [-0.2, -0.15) is 0 Å². The first-order valence-electron chi connectivity index (χ1n) is 9.54. The summed E-state index contributed by atoms with van der Waals surface area (Å²) in [5, 5.41) is 20.5. The van der Waals surface area contributed by atoms with Crippen LogP contribution in [0.5, 0.6) is 0 Å². The normalized spacial score (nSPS) is 23.3. The highest BCUT2D eigenvalue weighted by Gasteiger charge is 2.50. The van der Waals surface area contributed by atoms with Crippen LogP contribution in [-0.4, -0.2) is 65.7 Å². The number of β-amino-alcohol motifs (C(OH)–C–C–N with tert-alkyl or cyclic N) is 1. The molecule has 0 unspecified atom stereocenters. The van der Waals surface area contributed by atoms with E-state index in [1.54, 1.807) is 0 Å². The monoisotopic (exact) mass is 397 g/mol. The molecule has 1 amide bonds. The summed E-state index contributed by atoms with van der Waals surface area (Å²) in [6, 6.07) is 16.1. The van der Waals surface area contributed by atoms with Crippen molar-refractivity contribution in [2.24, 2.45) is 0 Å². The fraction of sp³-hybridized carbons (Fsp3) is 0.364. The molecular weight excluding hydrogens is 374 g/mol. The lowest BCUT2D eigenvalue weighted by molar-refractivity contribution is -0.183. The Morgan fingerprint density at radius 1 is 1.10 bits per heavy atom. The van der Waals surface area contributed by atoms with Gasteiger partial charge in [0.15, 0.2) is 0 Å². The third-order valence-corrected chi connectivity index (χ3v) is 5.79. The Bertz CT molecular complexity index is 899. The fourth-order valence-corrected chi connectivity index (χ4v) is 4.21. The molecule has 2 aliphatic rings. The van der Waals surface area contributed by atoms with Crippen LogP contribution in [0.25, 0.3) is 11.1 Å². The van der Waals surface area contributed by atoms with Crippen LogP contribution in [0.3, 0.4) is 0 Å². The summed E-state index contributed by atoms with van der Waals surface area (Å²) in [7, 11) is 1.12. The first-order chi connectivity index (χ1) is 14.0. The number of carbonyl (C=O) groups excluding carboxylic acids is 2. The van der Waals surface area contributed by atoms with Crippen LogP contribution in [-0.2, 0) is 14.3 Å². The number of rotatable bonds is 3. The second-order valence-corrected chi connectivity index (χ2v) is 7.45. The Kier molecular flexibility index (Phi) is 5.02. The minimum Gasteiger partial charge on any atom is -0.467 e. The minimum atomic E-state index is -2.15. The SMILES string of the molecule is COC(=O)[C@@]1(O)CN(C(=O)OCC2c3ccccc3-c3ccccc32)CC[C@@H]1O. The van der Waals surface area contributed by atoms with Gasteiger partial charge >= 0.3 is 12.1 Å². The van der Waals surface area contributed by atoms with Gasteiger partial charge in [-0.15, -0.1) is 0 Å². The van der Waals surface area contributed by atoms with Gasteiger partial charge in [0.05, 0.1) is 19.8 Å². The third kappa shape index (κ3) is 3.26. The molecule has 0 saturated carbocycles. The average Bonchev–Trinajstić information content (AvgIpc) is 3.07. The molecule has 1 aliphatic heterocycles. The molecule has 7 heteroatoms. The van der Waals surface area contributed by atoms with E-state index in [2.05, 4.69) is 16.9 Å². The van der Waals surface area contributed by atoms with Gasteiger partial charge < -0.3 is 24.6 Å². The van der Waals surface area contributed by atoms with Crippen molar-refractivity contribution in [1.29, 1.82) is 0 Å². The summed E-state index contributed by atoms with van der Waals surface area (Å²) in [6.07, 6.45) is -1.89. The zero-order valence-corrected chi connectivity index (χ0v) is 16.1. The molecule has 152 valence electrons. The van der Waals surface area contributed by atoms with Crippen LogP contribution < -0.4 is 0 Å². The summed E-state index contributed by atoms with van der Waals surface area (Å²) in [5.41, 5.74) is 2.30. The third-order valence-electron chi connectivity index (χ3n) is 5.79. The molecule has 1 heterocycles. The van der Waals surface area contributed by atoms with Gasteiger partial charge in [-0.3, -0.25) is 0 Å². The Hall–Kier alpha value is -2.90. The van der Waals surface area contributed by atoms with Crippen LogP contribution in [0.15, 0.2) is 48.5 Å². The van der Waals surface area contributed by atoms with E-state index in [1.165, 1.54) is 4.90 Å². The van der Waals surface area contributed by atoms with Crippen molar-refractivity contribution in [2.75, 3.05) is 26.8 Å². The number of fused-ring (bicyclic) bond motifs is 3. The van der Waals surface area contributed by atoms with E-state index in [0.717, 1.165) is 29.4 Å². The van der Waals surface area contributed by atoms with E-state index < -0.39 is 23.8 Å². The predicted octanol–water partition coefficient (Wildman–Crippen LogP) is 1.91. The number of likely N-dealkylation sites (tertiary alicyclic amines) is 1. The lowest BCUT2D eigenvalue weighted by Crippen LogP contribution is -2.62. The van der Waals surface area contributed by atoms with E-state index in [0.29, 0.717) is 0 Å². The number of aliphatic hydroxyl groups is 2. The van der Waals surface area contributed by atoms with Gasteiger partial charge in [-0.25, -0.2) is 9.59 Å². The molecule has 1 fully saturated rings. The number of methoxy groups -OCH3 is 1. The Morgan fingerprint density at radius 2 is 1.69 bits per heavy atom. The second-order valence-electron chi connectivity index (χ2n) is 7.45. The number of piperidine rings is 1. The molecule has 2 aromatic carbocycles. The predicted molar refractivity (Wildman–Crippen MR) is 104 cm³/mol. The summed E-state index contributed by atoms with van der Waals surface area (Å²) >= 11 is 0. The summed E-state index contributed by atoms with van der Waals surface area (Å²) < 4.78 is 10.1. The van der Waals surface area contributed by atoms with Gasteiger partial charge in [-0.05, 0) is 28.7 Å². The zero-order chi connectivity index (χ0) is 20.6. The van der Waals surface area contributed by atoms with Crippen LogP contribution in [0.1, 0.15) is 23.5 Å². The van der Waals surface area contributed by atoms with Crippen molar-refractivity contribution in [3.63, 3.8) is 0 Å². The van der Waals surface area contributed by atoms with Crippen molar-refractivity contribution >= 4 is 12.1 Å². The van der Waals surface area contributed by atoms with Gasteiger partial charge in [0.1, 0.15) is 6.61 Å². The maximum absolute atomic E-state index is 12.6. The Labute approximate surface area is 168 Å². The molecule has 1 saturated heterocycles. The van der Waals surface area contributed by atoms with Gasteiger partial charge in [0.2, 0.25) is 5.60 Å². The highest BCUT2D eigenvalue weighted by atomic mass is 16.6. The molecule has 2 N–H and O–H groups in total. The van der Waals surface area contributed by atoms with Gasteiger partial charge in [0, 0.05) is 12.5 Å². The molecule has 0 spiro atoms. The zero-order valence-electron chi connectivity index (χ0n) is 16.1. The molecular formula is C22H23NO6. The maximum Gasteiger partial charge on any atom is 0.409 e. The molecule has 7 nitrogen and oxygen atoms in total. The van der Waals surface area contributed by atoms with Crippen LogP contribution in [0.2, 0.25) is 0 Å². The lowest BCUT2D eigenvalue weighted by Gasteiger charge is -2.39. The summed E-state index contributed by atoms with van der Waals surface area (Å²) in [5.74, 6) is -1.05. The van der Waals surface area contributed by atoms with Crippen molar-refractivity contribution < 1.29 is 29.3 Å². The number of ether oxygens (including phenoxy) is 2. The van der Waals surface area contributed by atoms with Crippen LogP contribution in [0, 0.1) is 0 Å². The smallest absolute Gasteiger partial charge is 0.409 e.